The van der Waals surface area contributed by atoms with Gasteiger partial charge >= 0.3 is 0 Å². The smallest absolute Gasteiger partial charge is 0.238 e. The fraction of sp³-hybridized carbons (Fsp3) is 0.333. The SMILES string of the molecule is Cc1c(F)cccc1N1C(=O)CSC1c1ccc(NC(=O)C(C)(C)CCl)cc1. The van der Waals surface area contributed by atoms with Crippen molar-refractivity contribution in [1.29, 1.82) is 0 Å². The van der Waals surface area contributed by atoms with Crippen LogP contribution in [0.3, 0.4) is 0 Å². The molecule has 4 nitrogen and oxygen atoms in total. The quantitative estimate of drug-likeness (QED) is 0.683. The van der Waals surface area contributed by atoms with Crippen LogP contribution < -0.4 is 10.2 Å². The van der Waals surface area contributed by atoms with E-state index in [0.29, 0.717) is 22.7 Å². The minimum atomic E-state index is -0.667. The number of thioether (sulfide) groups is 1. The van der Waals surface area contributed by atoms with E-state index in [1.165, 1.54) is 17.8 Å². The molecule has 0 radical (unpaired) electrons. The summed E-state index contributed by atoms with van der Waals surface area (Å²) in [7, 11) is 0. The Morgan fingerprint density at radius 3 is 2.61 bits per heavy atom. The van der Waals surface area contributed by atoms with Crippen molar-refractivity contribution < 1.29 is 14.0 Å². The highest BCUT2D eigenvalue weighted by molar-refractivity contribution is 8.00. The number of halogens is 2. The molecule has 1 aliphatic heterocycles. The summed E-state index contributed by atoms with van der Waals surface area (Å²) in [5, 5.41) is 2.62. The minimum Gasteiger partial charge on any atom is -0.326 e. The Bertz CT molecular complexity index is 902. The van der Waals surface area contributed by atoms with Gasteiger partial charge in [-0.15, -0.1) is 23.4 Å². The molecule has 2 aromatic carbocycles. The predicted molar refractivity (Wildman–Crippen MR) is 113 cm³/mol. The number of alkyl halides is 1. The molecule has 0 aromatic heterocycles. The van der Waals surface area contributed by atoms with Gasteiger partial charge in [0.15, 0.2) is 0 Å². The monoisotopic (exact) mass is 420 g/mol. The number of benzene rings is 2. The van der Waals surface area contributed by atoms with Crippen LogP contribution in [0.5, 0.6) is 0 Å². The standard InChI is InChI=1S/C21H22ClFN2O2S/c1-13-16(23)5-4-6-17(13)25-18(26)11-28-19(25)14-7-9-15(10-8-14)24-20(27)21(2,3)12-22/h4-10,19H,11-12H2,1-3H3,(H,24,27). The van der Waals surface area contributed by atoms with Gasteiger partial charge < -0.3 is 5.32 Å². The third-order valence-electron chi connectivity index (χ3n) is 4.77. The lowest BCUT2D eigenvalue weighted by Gasteiger charge is -2.26. The van der Waals surface area contributed by atoms with E-state index in [9.17, 15) is 14.0 Å². The molecule has 2 aromatic rings. The van der Waals surface area contributed by atoms with Gasteiger partial charge in [0, 0.05) is 17.1 Å². The predicted octanol–water partition coefficient (Wildman–Crippen LogP) is 5.12. The largest absolute Gasteiger partial charge is 0.326 e. The lowest BCUT2D eigenvalue weighted by atomic mass is 9.95. The molecule has 0 saturated carbocycles. The van der Waals surface area contributed by atoms with Crippen molar-refractivity contribution in [2.75, 3.05) is 21.8 Å². The first-order chi connectivity index (χ1) is 13.2. The number of hydrogen-bond acceptors (Lipinski definition) is 3. The molecular weight excluding hydrogens is 399 g/mol. The van der Waals surface area contributed by atoms with E-state index in [4.69, 9.17) is 11.6 Å². The summed E-state index contributed by atoms with van der Waals surface area (Å²) in [5.74, 6) is 0.0199. The summed E-state index contributed by atoms with van der Waals surface area (Å²) in [5.41, 5.74) is 1.94. The molecule has 2 amide bonds. The molecule has 3 rings (SSSR count). The summed E-state index contributed by atoms with van der Waals surface area (Å²) >= 11 is 7.35. The van der Waals surface area contributed by atoms with Crippen LogP contribution in [-0.2, 0) is 9.59 Å². The number of carbonyl (C=O) groups is 2. The number of nitrogens with one attached hydrogen (secondary N) is 1. The van der Waals surface area contributed by atoms with Crippen LogP contribution in [0, 0.1) is 18.2 Å². The van der Waals surface area contributed by atoms with Gasteiger partial charge in [-0.1, -0.05) is 18.2 Å². The number of nitrogens with zero attached hydrogens (tertiary/aromatic N) is 1. The Hall–Kier alpha value is -2.05. The zero-order valence-electron chi connectivity index (χ0n) is 16.0. The van der Waals surface area contributed by atoms with Gasteiger partial charge in [-0.25, -0.2) is 4.39 Å². The maximum absolute atomic E-state index is 14.0. The second-order valence-electron chi connectivity index (χ2n) is 7.40. The van der Waals surface area contributed by atoms with Gasteiger partial charge in [0.05, 0.1) is 16.9 Å². The van der Waals surface area contributed by atoms with Gasteiger partial charge in [-0.2, -0.15) is 0 Å². The van der Waals surface area contributed by atoms with E-state index in [0.717, 1.165) is 5.56 Å². The highest BCUT2D eigenvalue weighted by Gasteiger charge is 2.35. The van der Waals surface area contributed by atoms with Crippen molar-refractivity contribution in [1.82, 2.24) is 0 Å². The maximum Gasteiger partial charge on any atom is 0.238 e. The molecule has 0 aliphatic carbocycles. The van der Waals surface area contributed by atoms with Crippen molar-refractivity contribution >= 4 is 46.6 Å². The van der Waals surface area contributed by atoms with Crippen molar-refractivity contribution in [2.24, 2.45) is 5.41 Å². The van der Waals surface area contributed by atoms with Crippen LogP contribution >= 0.6 is 23.4 Å². The van der Waals surface area contributed by atoms with Crippen molar-refractivity contribution in [3.8, 4) is 0 Å². The normalized spacial score (nSPS) is 17.1. The van der Waals surface area contributed by atoms with E-state index < -0.39 is 5.41 Å². The highest BCUT2D eigenvalue weighted by Crippen LogP contribution is 2.43. The molecule has 1 saturated heterocycles. The van der Waals surface area contributed by atoms with Crippen LogP contribution in [-0.4, -0.2) is 23.4 Å². The average molecular weight is 421 g/mol. The Morgan fingerprint density at radius 2 is 1.96 bits per heavy atom. The Morgan fingerprint density at radius 1 is 1.29 bits per heavy atom. The van der Waals surface area contributed by atoms with Crippen LogP contribution in [0.4, 0.5) is 15.8 Å². The van der Waals surface area contributed by atoms with E-state index >= 15 is 0 Å². The molecule has 1 fully saturated rings. The molecule has 148 valence electrons. The maximum atomic E-state index is 14.0. The summed E-state index contributed by atoms with van der Waals surface area (Å²) in [4.78, 5) is 26.4. The highest BCUT2D eigenvalue weighted by atomic mass is 35.5. The fourth-order valence-corrected chi connectivity index (χ4v) is 4.17. The molecule has 1 aliphatic rings. The van der Waals surface area contributed by atoms with Crippen molar-refractivity contribution in [2.45, 2.75) is 26.1 Å². The first-order valence-corrected chi connectivity index (χ1v) is 10.5. The van der Waals surface area contributed by atoms with Crippen molar-refractivity contribution in [3.63, 3.8) is 0 Å². The number of hydrogen-bond donors (Lipinski definition) is 1. The first kappa shape index (κ1) is 20.7. The second kappa shape index (κ2) is 8.13. The second-order valence-corrected chi connectivity index (χ2v) is 8.74. The Labute approximate surface area is 173 Å². The third-order valence-corrected chi connectivity index (χ3v) is 6.65. The zero-order valence-corrected chi connectivity index (χ0v) is 17.5. The number of carbonyl (C=O) groups excluding carboxylic acids is 2. The van der Waals surface area contributed by atoms with Gasteiger partial charge in [0.1, 0.15) is 11.2 Å². The van der Waals surface area contributed by atoms with Crippen LogP contribution in [0.15, 0.2) is 42.5 Å². The summed E-state index contributed by atoms with van der Waals surface area (Å²) < 4.78 is 14.0. The minimum absolute atomic E-state index is 0.0510. The summed E-state index contributed by atoms with van der Waals surface area (Å²) in [6, 6.07) is 12.1. The number of anilines is 2. The Kier molecular flexibility index (Phi) is 6.01. The molecule has 1 N–H and O–H groups in total. The summed E-state index contributed by atoms with van der Waals surface area (Å²) in [6.07, 6.45) is 0. The van der Waals surface area contributed by atoms with E-state index in [1.54, 1.807) is 49.9 Å². The lowest BCUT2D eigenvalue weighted by Crippen LogP contribution is -2.32. The molecule has 0 spiro atoms. The van der Waals surface area contributed by atoms with Crippen LogP contribution in [0.25, 0.3) is 0 Å². The molecule has 7 heteroatoms. The molecule has 0 bridgehead atoms. The lowest BCUT2D eigenvalue weighted by molar-refractivity contribution is -0.123. The third kappa shape index (κ3) is 4.03. The molecule has 1 unspecified atom stereocenters. The van der Waals surface area contributed by atoms with E-state index in [1.807, 2.05) is 12.1 Å². The topological polar surface area (TPSA) is 49.4 Å². The van der Waals surface area contributed by atoms with Gasteiger partial charge in [-0.3, -0.25) is 14.5 Å². The molecule has 28 heavy (non-hydrogen) atoms. The summed E-state index contributed by atoms with van der Waals surface area (Å²) in [6.45, 7) is 5.24. The molecule has 1 heterocycles. The van der Waals surface area contributed by atoms with Crippen LogP contribution in [0.2, 0.25) is 0 Å². The van der Waals surface area contributed by atoms with E-state index in [2.05, 4.69) is 5.32 Å². The average Bonchev–Trinajstić information content (AvgIpc) is 3.06. The van der Waals surface area contributed by atoms with Crippen LogP contribution in [0.1, 0.15) is 30.3 Å². The first-order valence-electron chi connectivity index (χ1n) is 8.91. The van der Waals surface area contributed by atoms with Gasteiger partial charge in [-0.05, 0) is 50.6 Å². The van der Waals surface area contributed by atoms with Crippen molar-refractivity contribution in [3.05, 3.63) is 59.4 Å². The fourth-order valence-electron chi connectivity index (χ4n) is 2.88. The number of amides is 2. The van der Waals surface area contributed by atoms with Gasteiger partial charge in [0.25, 0.3) is 0 Å². The molecular formula is C21H22ClFN2O2S. The van der Waals surface area contributed by atoms with Gasteiger partial charge in [0.2, 0.25) is 11.8 Å². The van der Waals surface area contributed by atoms with E-state index in [-0.39, 0.29) is 28.9 Å². The zero-order chi connectivity index (χ0) is 20.5. The number of rotatable bonds is 5. The molecule has 1 atom stereocenters. The Balaban J connectivity index is 1.84.